The molecule has 4 rings (SSSR count). The van der Waals surface area contributed by atoms with E-state index in [1.165, 1.54) is 18.3 Å². The molecule has 0 bridgehead atoms. The van der Waals surface area contributed by atoms with Gasteiger partial charge in [-0.3, -0.25) is 9.59 Å². The molecule has 33 heavy (non-hydrogen) atoms. The van der Waals surface area contributed by atoms with Crippen molar-refractivity contribution >= 4 is 40.6 Å². The van der Waals surface area contributed by atoms with Crippen molar-refractivity contribution in [2.24, 2.45) is 10.2 Å². The minimum absolute atomic E-state index is 0.00945. The van der Waals surface area contributed by atoms with Gasteiger partial charge in [-0.2, -0.15) is 5.10 Å². The molecule has 168 valence electrons. The number of halogens is 1. The van der Waals surface area contributed by atoms with E-state index < -0.39 is 5.25 Å². The van der Waals surface area contributed by atoms with E-state index in [1.807, 2.05) is 0 Å². The number of methoxy groups -OCH3 is 1. The topological polar surface area (TPSA) is 105 Å². The third-order valence-corrected chi connectivity index (χ3v) is 5.68. The summed E-state index contributed by atoms with van der Waals surface area (Å²) in [5.41, 5.74) is 1.35. The summed E-state index contributed by atoms with van der Waals surface area (Å²) in [6.07, 6.45) is 1.39. The van der Waals surface area contributed by atoms with E-state index in [9.17, 15) is 14.0 Å². The molecule has 3 aromatic rings. The van der Waals surface area contributed by atoms with Crippen LogP contribution in [0.15, 0.2) is 75.3 Å². The molecule has 1 saturated heterocycles. The number of carbonyl (C=O) groups is 2. The summed E-state index contributed by atoms with van der Waals surface area (Å²) in [4.78, 5) is 24.4. The van der Waals surface area contributed by atoms with E-state index in [0.717, 1.165) is 17.3 Å². The minimum Gasteiger partial charge on any atom is -0.497 e. The van der Waals surface area contributed by atoms with Crippen LogP contribution < -0.4 is 15.4 Å². The van der Waals surface area contributed by atoms with Crippen molar-refractivity contribution in [1.82, 2.24) is 5.32 Å². The number of nitrogens with zero attached hydrogens (tertiary/aromatic N) is 2. The molecule has 1 aliphatic heterocycles. The van der Waals surface area contributed by atoms with Crippen LogP contribution in [0.4, 0.5) is 10.1 Å². The molecule has 10 heteroatoms. The Hall–Kier alpha value is -3.92. The van der Waals surface area contributed by atoms with E-state index in [-0.39, 0.29) is 24.1 Å². The highest BCUT2D eigenvalue weighted by Crippen LogP contribution is 2.24. The molecule has 0 spiro atoms. The maximum atomic E-state index is 13.0. The van der Waals surface area contributed by atoms with Crippen LogP contribution in [0.5, 0.6) is 5.75 Å². The third kappa shape index (κ3) is 5.86. The number of ether oxygens (including phenoxy) is 1. The first-order valence-electron chi connectivity index (χ1n) is 9.88. The highest BCUT2D eigenvalue weighted by molar-refractivity contribution is 8.15. The van der Waals surface area contributed by atoms with Gasteiger partial charge in [0.1, 0.15) is 28.3 Å². The predicted molar refractivity (Wildman–Crippen MR) is 125 cm³/mol. The van der Waals surface area contributed by atoms with Crippen molar-refractivity contribution in [3.63, 3.8) is 0 Å². The second-order valence-electron chi connectivity index (χ2n) is 6.94. The third-order valence-electron chi connectivity index (χ3n) is 4.61. The zero-order valence-electron chi connectivity index (χ0n) is 17.4. The Kier molecular flexibility index (Phi) is 6.84. The van der Waals surface area contributed by atoms with Crippen LogP contribution in [0.1, 0.15) is 12.2 Å². The van der Waals surface area contributed by atoms with Crippen molar-refractivity contribution in [1.29, 1.82) is 0 Å². The minimum atomic E-state index is -0.606. The number of anilines is 1. The van der Waals surface area contributed by atoms with Crippen LogP contribution in [0.2, 0.25) is 0 Å². The monoisotopic (exact) mass is 466 g/mol. The van der Waals surface area contributed by atoms with Crippen molar-refractivity contribution in [2.45, 2.75) is 11.7 Å². The zero-order chi connectivity index (χ0) is 23.2. The van der Waals surface area contributed by atoms with E-state index in [1.54, 1.807) is 55.6 Å². The molecule has 1 atom stereocenters. The Morgan fingerprint density at radius 2 is 1.94 bits per heavy atom. The first-order valence-corrected chi connectivity index (χ1v) is 10.8. The average molecular weight is 466 g/mol. The quantitative estimate of drug-likeness (QED) is 0.404. The number of hydrogen-bond donors (Lipinski definition) is 2. The Bertz CT molecular complexity index is 1210. The fraction of sp³-hybridized carbons (Fsp3) is 0.130. The molecule has 8 nitrogen and oxygen atoms in total. The maximum absolute atomic E-state index is 13.0. The summed E-state index contributed by atoms with van der Waals surface area (Å²) in [6, 6.07) is 16.3. The van der Waals surface area contributed by atoms with E-state index in [0.29, 0.717) is 28.1 Å². The number of benzene rings is 2. The van der Waals surface area contributed by atoms with Crippen LogP contribution in [-0.4, -0.2) is 35.6 Å². The van der Waals surface area contributed by atoms with E-state index in [2.05, 4.69) is 20.8 Å². The smallest absolute Gasteiger partial charge is 0.240 e. The summed E-state index contributed by atoms with van der Waals surface area (Å²) in [7, 11) is 1.56. The van der Waals surface area contributed by atoms with Crippen LogP contribution in [0.25, 0.3) is 11.3 Å². The lowest BCUT2D eigenvalue weighted by Crippen LogP contribution is -2.28. The lowest BCUT2D eigenvalue weighted by Gasteiger charge is -2.08. The number of amidine groups is 1. The molecule has 2 amide bonds. The van der Waals surface area contributed by atoms with Crippen LogP contribution in [0, 0.1) is 5.82 Å². The molecule has 1 aliphatic rings. The molecular formula is C23H19FN4O4S. The van der Waals surface area contributed by atoms with Crippen molar-refractivity contribution in [3.05, 3.63) is 72.2 Å². The van der Waals surface area contributed by atoms with Gasteiger partial charge in [0.25, 0.3) is 0 Å². The molecule has 0 radical (unpaired) electrons. The molecule has 1 unspecified atom stereocenters. The van der Waals surface area contributed by atoms with Crippen molar-refractivity contribution in [2.75, 3.05) is 12.4 Å². The Morgan fingerprint density at radius 1 is 1.18 bits per heavy atom. The van der Waals surface area contributed by atoms with Crippen LogP contribution >= 0.6 is 11.8 Å². The van der Waals surface area contributed by atoms with Gasteiger partial charge in [-0.25, -0.2) is 4.39 Å². The number of thioether (sulfide) groups is 1. The Balaban J connectivity index is 1.31. The summed E-state index contributed by atoms with van der Waals surface area (Å²) < 4.78 is 23.8. The summed E-state index contributed by atoms with van der Waals surface area (Å²) >= 11 is 1.13. The van der Waals surface area contributed by atoms with Crippen molar-refractivity contribution in [3.8, 4) is 17.1 Å². The highest BCUT2D eigenvalue weighted by Gasteiger charge is 2.32. The summed E-state index contributed by atoms with van der Waals surface area (Å²) in [5, 5.41) is 13.0. The lowest BCUT2D eigenvalue weighted by atomic mass is 10.2. The zero-order valence-corrected chi connectivity index (χ0v) is 18.3. The summed E-state index contributed by atoms with van der Waals surface area (Å²) in [5.74, 6) is 0.771. The van der Waals surface area contributed by atoms with Crippen molar-refractivity contribution < 1.29 is 23.1 Å². The molecule has 2 heterocycles. The number of nitrogens with one attached hydrogen (secondary N) is 2. The molecule has 1 fully saturated rings. The molecule has 0 aliphatic carbocycles. The van der Waals surface area contributed by atoms with Gasteiger partial charge in [-0.15, -0.1) is 5.10 Å². The van der Waals surface area contributed by atoms with Gasteiger partial charge in [-0.05, 0) is 60.7 Å². The standard InChI is InChI=1S/C23H19FN4O4S/c1-31-17-8-6-16(7-9-17)26-21(29)12-20-22(30)27-23(33-20)28-25-13-18-10-11-19(32-18)14-2-4-15(24)5-3-14/h2-11,13,20H,12H2,1H3,(H,26,29)(H,27,28,30)/b25-13+. The average Bonchev–Trinajstić information content (AvgIpc) is 3.41. The normalized spacial score (nSPS) is 16.8. The molecule has 1 aromatic heterocycles. The van der Waals surface area contributed by atoms with Gasteiger partial charge in [0.05, 0.1) is 13.3 Å². The molecular weight excluding hydrogens is 447 g/mol. The SMILES string of the molecule is COc1ccc(NC(=O)CC2S/C(=N\N=C\c3ccc(-c4ccc(F)cc4)o3)NC2=O)cc1. The number of carbonyl (C=O) groups excluding carboxylic acids is 2. The van der Waals surface area contributed by atoms with Crippen LogP contribution in [0.3, 0.4) is 0 Å². The largest absolute Gasteiger partial charge is 0.497 e. The molecule has 2 aromatic carbocycles. The number of furan rings is 1. The fourth-order valence-electron chi connectivity index (χ4n) is 2.97. The number of rotatable bonds is 7. The van der Waals surface area contributed by atoms with Gasteiger partial charge >= 0.3 is 0 Å². The number of amides is 2. The highest BCUT2D eigenvalue weighted by atomic mass is 32.2. The van der Waals surface area contributed by atoms with Gasteiger partial charge < -0.3 is 19.8 Å². The molecule has 2 N–H and O–H groups in total. The lowest BCUT2D eigenvalue weighted by molar-refractivity contribution is -0.122. The fourth-order valence-corrected chi connectivity index (χ4v) is 3.90. The van der Waals surface area contributed by atoms with Crippen LogP contribution in [-0.2, 0) is 9.59 Å². The first-order chi connectivity index (χ1) is 16.0. The van der Waals surface area contributed by atoms with E-state index in [4.69, 9.17) is 9.15 Å². The van der Waals surface area contributed by atoms with E-state index >= 15 is 0 Å². The predicted octanol–water partition coefficient (Wildman–Crippen LogP) is 4.04. The Labute approximate surface area is 192 Å². The van der Waals surface area contributed by atoms with Gasteiger partial charge in [0, 0.05) is 17.7 Å². The van der Waals surface area contributed by atoms with Gasteiger partial charge in [-0.1, -0.05) is 11.8 Å². The second-order valence-corrected chi connectivity index (χ2v) is 8.13. The number of hydrogen-bond acceptors (Lipinski definition) is 7. The molecule has 0 saturated carbocycles. The van der Waals surface area contributed by atoms with Gasteiger partial charge in [0.2, 0.25) is 11.8 Å². The Morgan fingerprint density at radius 3 is 2.67 bits per heavy atom. The maximum Gasteiger partial charge on any atom is 0.240 e. The summed E-state index contributed by atoms with van der Waals surface area (Å²) in [6.45, 7) is 0. The second kappa shape index (κ2) is 10.1. The van der Waals surface area contributed by atoms with Gasteiger partial charge in [0.15, 0.2) is 5.17 Å². The first kappa shape index (κ1) is 22.3.